The molecule has 0 fully saturated rings. The van der Waals surface area contributed by atoms with E-state index in [0.717, 1.165) is 19.4 Å². The predicted molar refractivity (Wildman–Crippen MR) is 92.1 cm³/mol. The van der Waals surface area contributed by atoms with Crippen molar-refractivity contribution < 1.29 is 13.5 Å². The molecular weight excluding hydrogens is 318 g/mol. The lowest BCUT2D eigenvalue weighted by atomic mass is 10.1. The van der Waals surface area contributed by atoms with E-state index in [1.807, 2.05) is 18.2 Å². The van der Waals surface area contributed by atoms with Crippen molar-refractivity contribution in [2.24, 2.45) is 0 Å². The van der Waals surface area contributed by atoms with Gasteiger partial charge in [-0.15, -0.1) is 0 Å². The van der Waals surface area contributed by atoms with Gasteiger partial charge in [-0.25, -0.2) is 0 Å². The zero-order valence-corrected chi connectivity index (χ0v) is 13.3. The van der Waals surface area contributed by atoms with E-state index in [1.54, 1.807) is 12.1 Å². The number of ether oxygens (including phenoxy) is 1. The summed E-state index contributed by atoms with van der Waals surface area (Å²) in [4.78, 5) is 0. The fraction of sp³-hybridized carbons (Fsp3) is 0.235. The van der Waals surface area contributed by atoms with Crippen LogP contribution in [-0.4, -0.2) is 18.3 Å². The van der Waals surface area contributed by atoms with Gasteiger partial charge in [0.05, 0.1) is 0 Å². The second kappa shape index (κ2) is 9.05. The van der Waals surface area contributed by atoms with E-state index in [1.165, 1.54) is 17.7 Å². The Bertz CT molecular complexity index is 606. The van der Waals surface area contributed by atoms with Crippen LogP contribution in [0.5, 0.6) is 5.75 Å². The Morgan fingerprint density at radius 1 is 1.04 bits per heavy atom. The molecule has 0 saturated heterocycles. The van der Waals surface area contributed by atoms with Gasteiger partial charge in [0.15, 0.2) is 5.11 Å². The second-order valence-electron chi connectivity index (χ2n) is 4.87. The summed E-state index contributed by atoms with van der Waals surface area (Å²) in [7, 11) is 0. The molecule has 2 aromatic rings. The fourth-order valence-electron chi connectivity index (χ4n) is 2.03. The van der Waals surface area contributed by atoms with Gasteiger partial charge in [0.2, 0.25) is 0 Å². The van der Waals surface area contributed by atoms with Gasteiger partial charge in [-0.2, -0.15) is 8.78 Å². The van der Waals surface area contributed by atoms with Gasteiger partial charge in [0, 0.05) is 12.2 Å². The molecule has 0 radical (unpaired) electrons. The first-order valence-electron chi connectivity index (χ1n) is 7.27. The molecule has 0 spiro atoms. The largest absolute Gasteiger partial charge is 0.435 e. The molecule has 2 rings (SSSR count). The minimum atomic E-state index is -2.82. The number of alkyl halides is 2. The maximum absolute atomic E-state index is 12.1. The number of thiocarbonyl (C=S) groups is 1. The summed E-state index contributed by atoms with van der Waals surface area (Å²) in [6.07, 6.45) is 1.95. The molecule has 122 valence electrons. The van der Waals surface area contributed by atoms with Crippen LogP contribution in [0, 0.1) is 0 Å². The van der Waals surface area contributed by atoms with E-state index in [4.69, 9.17) is 12.2 Å². The summed E-state index contributed by atoms with van der Waals surface area (Å²) in [5.41, 5.74) is 2.01. The van der Waals surface area contributed by atoms with Crippen LogP contribution in [0.1, 0.15) is 12.0 Å². The lowest BCUT2D eigenvalue weighted by Gasteiger charge is -2.11. The normalized spacial score (nSPS) is 10.4. The molecule has 2 N–H and O–H groups in total. The minimum absolute atomic E-state index is 0.118. The Morgan fingerprint density at radius 2 is 1.74 bits per heavy atom. The van der Waals surface area contributed by atoms with Crippen molar-refractivity contribution in [3.63, 3.8) is 0 Å². The average Bonchev–Trinajstić information content (AvgIpc) is 2.54. The molecule has 23 heavy (non-hydrogen) atoms. The molecule has 0 bridgehead atoms. The summed E-state index contributed by atoms with van der Waals surface area (Å²) in [6.45, 7) is -2.06. The number of anilines is 1. The first-order chi connectivity index (χ1) is 11.1. The molecule has 0 aromatic heterocycles. The zero-order chi connectivity index (χ0) is 16.5. The van der Waals surface area contributed by atoms with Crippen LogP contribution in [0.4, 0.5) is 14.5 Å². The Hall–Kier alpha value is -2.21. The van der Waals surface area contributed by atoms with E-state index < -0.39 is 6.61 Å². The number of halogens is 2. The summed E-state index contributed by atoms with van der Waals surface area (Å²) >= 11 is 5.20. The molecule has 0 aliphatic carbocycles. The number of hydrogen-bond donors (Lipinski definition) is 2. The van der Waals surface area contributed by atoms with E-state index in [2.05, 4.69) is 27.5 Å². The third-order valence-electron chi connectivity index (χ3n) is 3.11. The molecular formula is C17H18F2N2OS. The number of benzene rings is 2. The minimum Gasteiger partial charge on any atom is -0.435 e. The van der Waals surface area contributed by atoms with Crippen LogP contribution < -0.4 is 15.4 Å². The van der Waals surface area contributed by atoms with Crippen LogP contribution in [0.25, 0.3) is 0 Å². The summed E-state index contributed by atoms with van der Waals surface area (Å²) in [5, 5.41) is 6.62. The van der Waals surface area contributed by atoms with Crippen LogP contribution >= 0.6 is 12.2 Å². The van der Waals surface area contributed by atoms with Gasteiger partial charge < -0.3 is 15.4 Å². The molecule has 0 atom stereocenters. The second-order valence-corrected chi connectivity index (χ2v) is 5.28. The van der Waals surface area contributed by atoms with Gasteiger partial charge >= 0.3 is 6.61 Å². The first-order valence-corrected chi connectivity index (χ1v) is 7.68. The van der Waals surface area contributed by atoms with Gasteiger partial charge in [0.1, 0.15) is 5.75 Å². The van der Waals surface area contributed by atoms with E-state index in [0.29, 0.717) is 10.8 Å². The van der Waals surface area contributed by atoms with Crippen LogP contribution in [0.2, 0.25) is 0 Å². The Labute approximate surface area is 139 Å². The summed E-state index contributed by atoms with van der Waals surface area (Å²) in [6, 6.07) is 16.4. The monoisotopic (exact) mass is 336 g/mol. The third-order valence-corrected chi connectivity index (χ3v) is 3.35. The number of aryl methyl sites for hydroxylation is 1. The Morgan fingerprint density at radius 3 is 2.39 bits per heavy atom. The zero-order valence-electron chi connectivity index (χ0n) is 12.5. The molecule has 0 saturated carbocycles. The molecule has 0 heterocycles. The third kappa shape index (κ3) is 6.61. The Balaban J connectivity index is 1.68. The van der Waals surface area contributed by atoms with Gasteiger partial charge in [-0.05, 0) is 54.9 Å². The van der Waals surface area contributed by atoms with Crippen molar-refractivity contribution in [2.45, 2.75) is 19.5 Å². The molecule has 6 heteroatoms. The quantitative estimate of drug-likeness (QED) is 0.586. The SMILES string of the molecule is FC(F)Oc1ccc(NC(=S)NCCCc2ccccc2)cc1. The van der Waals surface area contributed by atoms with E-state index in [-0.39, 0.29) is 5.75 Å². The molecule has 3 nitrogen and oxygen atoms in total. The van der Waals surface area contributed by atoms with Crippen molar-refractivity contribution >= 4 is 23.0 Å². The number of nitrogens with one attached hydrogen (secondary N) is 2. The Kier molecular flexibility index (Phi) is 6.75. The molecule has 0 aliphatic heterocycles. The van der Waals surface area contributed by atoms with Gasteiger partial charge in [0.25, 0.3) is 0 Å². The maximum Gasteiger partial charge on any atom is 0.387 e. The summed E-state index contributed by atoms with van der Waals surface area (Å²) < 4.78 is 28.4. The first kappa shape index (κ1) is 17.1. The van der Waals surface area contributed by atoms with Crippen LogP contribution in [0.3, 0.4) is 0 Å². The highest BCUT2D eigenvalue weighted by atomic mass is 32.1. The van der Waals surface area contributed by atoms with Crippen molar-refractivity contribution in [1.82, 2.24) is 5.32 Å². The highest BCUT2D eigenvalue weighted by molar-refractivity contribution is 7.80. The molecule has 2 aromatic carbocycles. The van der Waals surface area contributed by atoms with Crippen molar-refractivity contribution in [2.75, 3.05) is 11.9 Å². The highest BCUT2D eigenvalue weighted by Gasteiger charge is 2.04. The van der Waals surface area contributed by atoms with E-state index >= 15 is 0 Å². The summed E-state index contributed by atoms with van der Waals surface area (Å²) in [5.74, 6) is 0.118. The smallest absolute Gasteiger partial charge is 0.387 e. The predicted octanol–water partition coefficient (Wildman–Crippen LogP) is 4.21. The molecule has 0 aliphatic rings. The highest BCUT2D eigenvalue weighted by Crippen LogP contribution is 2.17. The fourth-order valence-corrected chi connectivity index (χ4v) is 2.25. The van der Waals surface area contributed by atoms with Gasteiger partial charge in [-0.3, -0.25) is 0 Å². The number of hydrogen-bond acceptors (Lipinski definition) is 2. The average molecular weight is 336 g/mol. The maximum atomic E-state index is 12.1. The van der Waals surface area contributed by atoms with Crippen LogP contribution in [0.15, 0.2) is 54.6 Å². The van der Waals surface area contributed by atoms with Crippen molar-refractivity contribution in [3.05, 3.63) is 60.2 Å². The van der Waals surface area contributed by atoms with E-state index in [9.17, 15) is 8.78 Å². The van der Waals surface area contributed by atoms with Crippen molar-refractivity contribution in [1.29, 1.82) is 0 Å². The topological polar surface area (TPSA) is 33.3 Å². The van der Waals surface area contributed by atoms with Crippen molar-refractivity contribution in [3.8, 4) is 5.75 Å². The lowest BCUT2D eigenvalue weighted by molar-refractivity contribution is -0.0498. The van der Waals surface area contributed by atoms with Crippen LogP contribution in [-0.2, 0) is 6.42 Å². The number of rotatable bonds is 7. The standard InChI is InChI=1S/C17H18F2N2OS/c18-16(19)22-15-10-8-14(9-11-15)21-17(23)20-12-4-7-13-5-2-1-3-6-13/h1-3,5-6,8-11,16H,4,7,12H2,(H2,20,21,23). The molecule has 0 amide bonds. The lowest BCUT2D eigenvalue weighted by Crippen LogP contribution is -2.29. The molecule has 0 unspecified atom stereocenters. The van der Waals surface area contributed by atoms with Gasteiger partial charge in [-0.1, -0.05) is 30.3 Å².